The molecule has 0 atom stereocenters. The molecule has 1 aliphatic heterocycles. The molecule has 0 saturated carbocycles. The average Bonchev–Trinajstić information content (AvgIpc) is 2.93. The Morgan fingerprint density at radius 2 is 2.07 bits per heavy atom. The van der Waals surface area contributed by atoms with Gasteiger partial charge in [0.25, 0.3) is 0 Å². The maximum Gasteiger partial charge on any atom is 0.238 e. The fourth-order valence-corrected chi connectivity index (χ4v) is 3.22. The van der Waals surface area contributed by atoms with Gasteiger partial charge in [0, 0.05) is 32.4 Å². The van der Waals surface area contributed by atoms with E-state index in [0.29, 0.717) is 23.5 Å². The average molecular weight is 365 g/mol. The molecule has 3 rings (SSSR count). The number of carbonyl (C=O) groups is 1. The number of anilines is 2. The van der Waals surface area contributed by atoms with E-state index < -0.39 is 0 Å². The Kier molecular flexibility index (Phi) is 6.23. The lowest BCUT2D eigenvalue weighted by Gasteiger charge is -2.23. The van der Waals surface area contributed by atoms with Gasteiger partial charge in [-0.05, 0) is 30.7 Å². The lowest BCUT2D eigenvalue weighted by atomic mass is 10.2. The smallest absolute Gasteiger partial charge is 0.238 e. The Morgan fingerprint density at radius 3 is 2.89 bits per heavy atom. The highest BCUT2D eigenvalue weighted by atomic mass is 16.5. The highest BCUT2D eigenvalue weighted by molar-refractivity contribution is 5.93. The van der Waals surface area contributed by atoms with Crippen molar-refractivity contribution in [3.63, 3.8) is 0 Å². The van der Waals surface area contributed by atoms with Crippen LogP contribution in [0.4, 0.5) is 11.5 Å². The first kappa shape index (κ1) is 18.7. The van der Waals surface area contributed by atoms with E-state index in [1.54, 1.807) is 25.4 Å². The number of pyridine rings is 1. The number of carbonyl (C=O) groups excluding carboxylic acids is 1. The SMILES string of the molecule is COc1ccccc1NC(=O)CN1CCCN(c2ncccc2C#N)CC1. The topological polar surface area (TPSA) is 81.5 Å². The minimum Gasteiger partial charge on any atom is -0.495 e. The number of nitrogens with zero attached hydrogens (tertiary/aromatic N) is 4. The number of nitrogens with one attached hydrogen (secondary N) is 1. The second-order valence-electron chi connectivity index (χ2n) is 6.35. The summed E-state index contributed by atoms with van der Waals surface area (Å²) < 4.78 is 5.27. The molecular formula is C20H23N5O2. The number of hydrogen-bond donors (Lipinski definition) is 1. The first-order valence-corrected chi connectivity index (χ1v) is 8.96. The van der Waals surface area contributed by atoms with Crippen LogP contribution in [-0.2, 0) is 4.79 Å². The third-order valence-corrected chi connectivity index (χ3v) is 4.54. The van der Waals surface area contributed by atoms with Gasteiger partial charge in [-0.1, -0.05) is 12.1 Å². The number of rotatable bonds is 5. The van der Waals surface area contributed by atoms with E-state index in [1.807, 2.05) is 24.3 Å². The van der Waals surface area contributed by atoms with Crippen molar-refractivity contribution < 1.29 is 9.53 Å². The van der Waals surface area contributed by atoms with Gasteiger partial charge in [0.15, 0.2) is 0 Å². The number of aromatic nitrogens is 1. The molecule has 1 aliphatic rings. The maximum atomic E-state index is 12.4. The first-order chi connectivity index (χ1) is 13.2. The summed E-state index contributed by atoms with van der Waals surface area (Å²) in [6.45, 7) is 3.43. The van der Waals surface area contributed by atoms with Gasteiger partial charge in [-0.2, -0.15) is 5.26 Å². The van der Waals surface area contributed by atoms with E-state index in [-0.39, 0.29) is 5.91 Å². The molecule has 0 spiro atoms. The van der Waals surface area contributed by atoms with Crippen LogP contribution in [0.2, 0.25) is 0 Å². The summed E-state index contributed by atoms with van der Waals surface area (Å²) >= 11 is 0. The summed E-state index contributed by atoms with van der Waals surface area (Å²) in [4.78, 5) is 21.0. The van der Waals surface area contributed by atoms with E-state index in [4.69, 9.17) is 4.74 Å². The molecule has 1 aromatic heterocycles. The number of para-hydroxylation sites is 2. The fraction of sp³-hybridized carbons (Fsp3) is 0.350. The van der Waals surface area contributed by atoms with Crippen molar-refractivity contribution in [3.05, 3.63) is 48.2 Å². The molecule has 2 heterocycles. The van der Waals surface area contributed by atoms with Gasteiger partial charge in [-0.15, -0.1) is 0 Å². The number of methoxy groups -OCH3 is 1. The molecular weight excluding hydrogens is 342 g/mol. The molecule has 1 amide bonds. The monoisotopic (exact) mass is 365 g/mol. The van der Waals surface area contributed by atoms with Crippen LogP contribution >= 0.6 is 0 Å². The van der Waals surface area contributed by atoms with Crippen LogP contribution in [0.25, 0.3) is 0 Å². The first-order valence-electron chi connectivity index (χ1n) is 8.96. The molecule has 1 saturated heterocycles. The van der Waals surface area contributed by atoms with Crippen molar-refractivity contribution in [2.75, 3.05) is 50.1 Å². The van der Waals surface area contributed by atoms with Crippen molar-refractivity contribution >= 4 is 17.4 Å². The number of benzene rings is 1. The molecule has 0 unspecified atom stereocenters. The summed E-state index contributed by atoms with van der Waals surface area (Å²) in [6, 6.07) is 13.1. The Bertz CT molecular complexity index is 833. The standard InChI is InChI=1S/C20H23N5O2/c1-27-18-8-3-2-7-17(18)23-19(26)15-24-10-5-11-25(13-12-24)20-16(14-21)6-4-9-22-20/h2-4,6-9H,5,10-13,15H2,1H3,(H,23,26). The largest absolute Gasteiger partial charge is 0.495 e. The van der Waals surface area contributed by atoms with E-state index >= 15 is 0 Å². The molecule has 7 heteroatoms. The van der Waals surface area contributed by atoms with Gasteiger partial charge in [0.2, 0.25) is 5.91 Å². The summed E-state index contributed by atoms with van der Waals surface area (Å²) in [5.41, 5.74) is 1.26. The predicted octanol–water partition coefficient (Wildman–Crippen LogP) is 2.11. The molecule has 2 aromatic rings. The van der Waals surface area contributed by atoms with Gasteiger partial charge in [0.1, 0.15) is 17.6 Å². The maximum absolute atomic E-state index is 12.4. The van der Waals surface area contributed by atoms with Crippen molar-refractivity contribution in [1.82, 2.24) is 9.88 Å². The molecule has 1 fully saturated rings. The van der Waals surface area contributed by atoms with E-state index in [9.17, 15) is 10.1 Å². The van der Waals surface area contributed by atoms with Crippen molar-refractivity contribution in [3.8, 4) is 11.8 Å². The van der Waals surface area contributed by atoms with Crippen LogP contribution in [0, 0.1) is 11.3 Å². The zero-order valence-corrected chi connectivity index (χ0v) is 15.4. The number of hydrogen-bond acceptors (Lipinski definition) is 6. The number of nitriles is 1. The van der Waals surface area contributed by atoms with Crippen molar-refractivity contribution in [2.45, 2.75) is 6.42 Å². The molecule has 7 nitrogen and oxygen atoms in total. The molecule has 1 N–H and O–H groups in total. The number of ether oxygens (including phenoxy) is 1. The fourth-order valence-electron chi connectivity index (χ4n) is 3.22. The normalized spacial score (nSPS) is 14.9. The van der Waals surface area contributed by atoms with Gasteiger partial charge in [-0.25, -0.2) is 4.98 Å². The lowest BCUT2D eigenvalue weighted by Crippen LogP contribution is -2.36. The predicted molar refractivity (Wildman–Crippen MR) is 104 cm³/mol. The van der Waals surface area contributed by atoms with Crippen molar-refractivity contribution in [2.24, 2.45) is 0 Å². The Labute approximate surface area is 159 Å². The highest BCUT2D eigenvalue weighted by Crippen LogP contribution is 2.23. The van der Waals surface area contributed by atoms with E-state index in [2.05, 4.69) is 26.2 Å². The quantitative estimate of drug-likeness (QED) is 0.874. The third-order valence-electron chi connectivity index (χ3n) is 4.54. The van der Waals surface area contributed by atoms with Gasteiger partial charge in [-0.3, -0.25) is 9.69 Å². The summed E-state index contributed by atoms with van der Waals surface area (Å²) in [5, 5.41) is 12.2. The van der Waals surface area contributed by atoms with Crippen LogP contribution in [0.15, 0.2) is 42.6 Å². The molecule has 0 radical (unpaired) electrons. The summed E-state index contributed by atoms with van der Waals surface area (Å²) in [5.74, 6) is 1.30. The van der Waals surface area contributed by atoms with E-state index in [1.165, 1.54) is 0 Å². The van der Waals surface area contributed by atoms with Crippen LogP contribution < -0.4 is 15.0 Å². The van der Waals surface area contributed by atoms with Crippen LogP contribution in [-0.4, -0.2) is 55.6 Å². The number of amides is 1. The van der Waals surface area contributed by atoms with Gasteiger partial charge in [0.05, 0.1) is 24.9 Å². The summed E-state index contributed by atoms with van der Waals surface area (Å²) in [6.07, 6.45) is 2.61. The van der Waals surface area contributed by atoms with Crippen LogP contribution in [0.5, 0.6) is 5.75 Å². The minimum absolute atomic E-state index is 0.0662. The molecule has 1 aromatic carbocycles. The second-order valence-corrected chi connectivity index (χ2v) is 6.35. The Morgan fingerprint density at radius 1 is 1.22 bits per heavy atom. The minimum atomic E-state index is -0.0662. The zero-order valence-electron chi connectivity index (χ0n) is 15.4. The second kappa shape index (κ2) is 9.01. The van der Waals surface area contributed by atoms with Crippen LogP contribution in [0.3, 0.4) is 0 Å². The third kappa shape index (κ3) is 4.74. The summed E-state index contributed by atoms with van der Waals surface area (Å²) in [7, 11) is 1.58. The zero-order chi connectivity index (χ0) is 19.1. The highest BCUT2D eigenvalue weighted by Gasteiger charge is 2.20. The molecule has 0 bridgehead atoms. The van der Waals surface area contributed by atoms with Crippen molar-refractivity contribution in [1.29, 1.82) is 5.26 Å². The van der Waals surface area contributed by atoms with Gasteiger partial charge < -0.3 is 15.0 Å². The van der Waals surface area contributed by atoms with E-state index in [0.717, 1.165) is 38.4 Å². The lowest BCUT2D eigenvalue weighted by molar-refractivity contribution is -0.117. The van der Waals surface area contributed by atoms with Crippen LogP contribution in [0.1, 0.15) is 12.0 Å². The Balaban J connectivity index is 1.58. The molecule has 140 valence electrons. The molecule has 27 heavy (non-hydrogen) atoms. The Hall–Kier alpha value is -3.11. The van der Waals surface area contributed by atoms with Gasteiger partial charge >= 0.3 is 0 Å². The molecule has 0 aliphatic carbocycles.